The third kappa shape index (κ3) is 19.5. The van der Waals surface area contributed by atoms with Gasteiger partial charge in [0.05, 0.1) is 42.7 Å². The number of carbonyl (C=O) groups excluding carboxylic acids is 3. The Bertz CT molecular complexity index is 2900. The Hall–Kier alpha value is -2.09. The maximum absolute atomic E-state index is 12.9. The molecule has 6 aliphatic rings. The molecule has 0 aromatic heterocycles. The molecule has 0 amide bonds. The van der Waals surface area contributed by atoms with Gasteiger partial charge in [-0.2, -0.15) is 0 Å². The van der Waals surface area contributed by atoms with E-state index >= 15 is 0 Å². The standard InChI is InChI=1S/C24H29NO3.C24H27NO3.C17H23NO3.I3.I2.HI/c2*1-27-22-14-19-13-20(24(26)21(19)15-23(22)28-2)12-17-8-10-25(11-9-17)16-18-6-4-3-5-7-18;1-20-15-9-12-8-13(7-11-3-5-18-6-4-11)17(19)14(12)10-16(15)21-2;1-3-2;1-2;/h3-7,14-15,17,20H,8-13,16H2,1-2H3;3-7,12,14-15,17H,8-11,13,16H2,1-2H3;9-11,13,18H,3-8H2,1-2H3;;;1H/q;;;-1;;/b;20-12+;;;;. The number of hydrogen-bond acceptors (Lipinski definition) is 12. The number of ether oxygens (including phenoxy) is 6. The summed E-state index contributed by atoms with van der Waals surface area (Å²) in [7, 11) is 9.72. The average molecular weight is 1810 g/mol. The number of Topliss-reactive ketones (excluding diaryl/α,β-unsaturated/α-hetero) is 3. The molecule has 3 aliphatic heterocycles. The van der Waals surface area contributed by atoms with Crippen LogP contribution in [0.4, 0.5) is 0 Å². The summed E-state index contributed by atoms with van der Waals surface area (Å²) in [5.74, 6) is 6.76. The van der Waals surface area contributed by atoms with E-state index < -0.39 is 0 Å². The third-order valence-electron chi connectivity index (χ3n) is 16.9. The molecule has 3 fully saturated rings. The number of hydrogen-bond donors (Lipinski definition) is 1. The number of benzene rings is 5. The number of nitrogens with one attached hydrogen (secondary N) is 1. The molecule has 18 heteroatoms. The minimum absolute atomic E-state index is 0. The van der Waals surface area contributed by atoms with Crippen molar-refractivity contribution in [1.82, 2.24) is 15.1 Å². The molecule has 452 valence electrons. The fourth-order valence-corrected chi connectivity index (χ4v) is 12.6. The van der Waals surface area contributed by atoms with Crippen LogP contribution in [-0.4, -0.2) is 109 Å². The van der Waals surface area contributed by atoms with E-state index in [0.717, 1.165) is 130 Å². The molecule has 5 aromatic carbocycles. The van der Waals surface area contributed by atoms with Gasteiger partial charge in [0.15, 0.2) is 51.8 Å². The van der Waals surface area contributed by atoms with Gasteiger partial charge >= 0.3 is 50.5 Å². The number of piperidine rings is 3. The quantitative estimate of drug-likeness (QED) is 0.0792. The van der Waals surface area contributed by atoms with Crippen LogP contribution < -0.4 is 47.0 Å². The molecule has 5 aromatic rings. The van der Waals surface area contributed by atoms with Gasteiger partial charge in [-0.05, 0) is 185 Å². The van der Waals surface area contributed by atoms with Crippen LogP contribution in [0.3, 0.4) is 0 Å². The summed E-state index contributed by atoms with van der Waals surface area (Å²) < 4.78 is 32.2. The van der Waals surface area contributed by atoms with Crippen LogP contribution in [0.5, 0.6) is 34.5 Å². The zero-order chi connectivity index (χ0) is 58.5. The summed E-state index contributed by atoms with van der Waals surface area (Å²) in [5.41, 5.74) is 9.32. The van der Waals surface area contributed by atoms with Crippen LogP contribution in [-0.2, 0) is 32.4 Å². The number of rotatable bonds is 15. The summed E-state index contributed by atoms with van der Waals surface area (Å²) in [6.07, 6.45) is 13.5. The molecule has 1 N–H and O–H groups in total. The van der Waals surface area contributed by atoms with Gasteiger partial charge in [0, 0.05) is 90.8 Å². The van der Waals surface area contributed by atoms with Gasteiger partial charge in [0.2, 0.25) is 0 Å². The Balaban J connectivity index is 0.000000193. The molecular formula is C65H80I6N3O9-. The number of likely N-dealkylation sites (tertiary alicyclic amines) is 2. The van der Waals surface area contributed by atoms with E-state index in [1.54, 1.807) is 42.7 Å². The predicted molar refractivity (Wildman–Crippen MR) is 373 cm³/mol. The maximum atomic E-state index is 12.9. The molecule has 3 saturated heterocycles. The normalized spacial score (nSPS) is 19.2. The monoisotopic (exact) mass is 1810 g/mol. The van der Waals surface area contributed by atoms with E-state index in [-0.39, 0.29) is 53.2 Å². The van der Waals surface area contributed by atoms with Crippen molar-refractivity contribution < 1.29 is 56.1 Å². The molecule has 0 bridgehead atoms. The summed E-state index contributed by atoms with van der Waals surface area (Å²) in [6, 6.07) is 32.7. The first-order valence-corrected chi connectivity index (χ1v) is 47.2. The van der Waals surface area contributed by atoms with Gasteiger partial charge in [0.25, 0.3) is 0 Å². The molecule has 83 heavy (non-hydrogen) atoms. The van der Waals surface area contributed by atoms with Crippen molar-refractivity contribution >= 4 is 116 Å². The first-order valence-electron chi connectivity index (χ1n) is 28.3. The second-order valence-electron chi connectivity index (χ2n) is 21.8. The molecule has 0 radical (unpaired) electrons. The van der Waals surface area contributed by atoms with Gasteiger partial charge in [0.1, 0.15) is 0 Å². The Morgan fingerprint density at radius 1 is 0.518 bits per heavy atom. The summed E-state index contributed by atoms with van der Waals surface area (Å²) in [5, 5.41) is 3.38. The molecule has 11 rings (SSSR count). The van der Waals surface area contributed by atoms with E-state index in [1.807, 2.05) is 36.4 Å². The summed E-state index contributed by atoms with van der Waals surface area (Å²) >= 11 is 9.54. The Labute approximate surface area is 563 Å². The summed E-state index contributed by atoms with van der Waals surface area (Å²) in [6.45, 7) is 8.60. The zero-order valence-electron chi connectivity index (χ0n) is 48.5. The van der Waals surface area contributed by atoms with Crippen molar-refractivity contribution in [2.24, 2.45) is 29.6 Å². The van der Waals surface area contributed by atoms with Crippen LogP contribution in [0.2, 0.25) is 0 Å². The van der Waals surface area contributed by atoms with E-state index in [1.165, 1.54) is 36.8 Å². The summed E-state index contributed by atoms with van der Waals surface area (Å²) in [4.78, 5) is 43.5. The van der Waals surface area contributed by atoms with E-state index in [4.69, 9.17) is 28.4 Å². The van der Waals surface area contributed by atoms with Crippen LogP contribution in [0.15, 0.2) is 109 Å². The molecule has 12 nitrogen and oxygen atoms in total. The average Bonchev–Trinajstić information content (AvgIpc) is 3.77. The predicted octanol–water partition coefficient (Wildman–Crippen LogP) is 12.3. The van der Waals surface area contributed by atoms with Crippen LogP contribution >= 0.6 is 98.4 Å². The Kier molecular flexibility index (Phi) is 30.7. The van der Waals surface area contributed by atoms with Gasteiger partial charge in [-0.3, -0.25) is 24.2 Å². The molecule has 3 heterocycles. The molecule has 2 atom stereocenters. The molecule has 2 unspecified atom stereocenters. The molecular weight excluding hydrogens is 1730 g/mol. The second-order valence-corrected chi connectivity index (χ2v) is 38.1. The number of halogens is 6. The van der Waals surface area contributed by atoms with Crippen LogP contribution in [0, 0.1) is 29.6 Å². The number of carbonyl (C=O) groups is 3. The van der Waals surface area contributed by atoms with Gasteiger partial charge < -0.3 is 33.7 Å². The third-order valence-corrected chi connectivity index (χ3v) is 16.9. The fraction of sp³-hybridized carbons (Fsp3) is 0.462. The van der Waals surface area contributed by atoms with Gasteiger partial charge in [-0.1, -0.05) is 66.7 Å². The topological polar surface area (TPSA) is 125 Å². The van der Waals surface area contributed by atoms with Crippen molar-refractivity contribution in [3.8, 4) is 34.5 Å². The van der Waals surface area contributed by atoms with Crippen LogP contribution in [0.1, 0.15) is 110 Å². The fourth-order valence-electron chi connectivity index (χ4n) is 12.6. The second kappa shape index (κ2) is 36.4. The van der Waals surface area contributed by atoms with Crippen molar-refractivity contribution in [3.63, 3.8) is 0 Å². The van der Waals surface area contributed by atoms with Crippen LogP contribution in [0.25, 0.3) is 0 Å². The van der Waals surface area contributed by atoms with E-state index in [2.05, 4.69) is 156 Å². The number of nitrogens with zero attached hydrogens (tertiary/aromatic N) is 2. The van der Waals surface area contributed by atoms with Gasteiger partial charge in [-0.15, -0.1) is 24.0 Å². The zero-order valence-corrected chi connectivity index (χ0v) is 61.6. The number of methoxy groups -OCH3 is 6. The molecule has 3 aliphatic carbocycles. The number of allylic oxidation sites excluding steroid dienone is 2. The van der Waals surface area contributed by atoms with Gasteiger partial charge in [-0.25, -0.2) is 0 Å². The molecule has 0 saturated carbocycles. The van der Waals surface area contributed by atoms with E-state index in [9.17, 15) is 14.4 Å². The molecule has 0 spiro atoms. The first kappa shape index (κ1) is 70.0. The van der Waals surface area contributed by atoms with E-state index in [0.29, 0.717) is 71.9 Å². The Morgan fingerprint density at radius 3 is 1.29 bits per heavy atom. The van der Waals surface area contributed by atoms with Crippen molar-refractivity contribution in [2.75, 3.05) is 81.9 Å². The minimum atomic E-state index is 0. The van der Waals surface area contributed by atoms with Crippen molar-refractivity contribution in [2.45, 2.75) is 83.7 Å². The Morgan fingerprint density at radius 2 is 0.880 bits per heavy atom. The number of ketones is 3. The number of fused-ring (bicyclic) bond motifs is 3. The van der Waals surface area contributed by atoms with Crippen molar-refractivity contribution in [3.05, 3.63) is 153 Å². The SMILES string of the molecule is COc1cc2c(cc1OC)C(=O)/C(=C/C1CCN(Cc3ccccc3)CC1)C2.COc1cc2c(cc1OC)C(=O)C(CC1CCN(Cc3ccccc3)CC1)C2.COc1cc2c(cc1OC)C(=O)C(CC1CCNCC1)C2.I.II.I[I-]I. The van der Waals surface area contributed by atoms with Crippen molar-refractivity contribution in [1.29, 1.82) is 0 Å². The first-order chi connectivity index (χ1) is 40.0.